The van der Waals surface area contributed by atoms with Crippen molar-refractivity contribution in [1.29, 1.82) is 0 Å². The number of β-amino-alcohol motifs (C(OH)–C–C–N with tert-alkyl or cyclic N) is 1. The number of methoxy groups -OCH3 is 1. The van der Waals surface area contributed by atoms with Gasteiger partial charge in [-0.25, -0.2) is 9.78 Å². The number of pyridine rings is 1. The summed E-state index contributed by atoms with van der Waals surface area (Å²) in [4.78, 5) is 15.7. The lowest BCUT2D eigenvalue weighted by atomic mass is 10.0. The number of aliphatic hydroxyl groups excluding tert-OH is 1. The van der Waals surface area contributed by atoms with E-state index in [0.717, 1.165) is 0 Å². The number of anilines is 1. The predicted octanol–water partition coefficient (Wildman–Crippen LogP) is 1.18. The molecule has 1 rings (SSSR count). The van der Waals surface area contributed by atoms with E-state index in [1.807, 2.05) is 20.8 Å². The number of hydrogen-bond donors (Lipinski definition) is 3. The number of esters is 1. The van der Waals surface area contributed by atoms with E-state index in [1.165, 1.54) is 7.11 Å². The summed E-state index contributed by atoms with van der Waals surface area (Å²) in [7, 11) is 1.28. The Kier molecular flexibility index (Phi) is 5.08. The lowest BCUT2D eigenvalue weighted by Gasteiger charge is -2.23. The molecule has 0 saturated heterocycles. The molecular weight excluding hydrogens is 258 g/mol. The highest BCUT2D eigenvalue weighted by molar-refractivity contribution is 5.94. The fourth-order valence-corrected chi connectivity index (χ4v) is 1.76. The molecule has 0 aliphatic carbocycles. The second kappa shape index (κ2) is 6.19. The van der Waals surface area contributed by atoms with Gasteiger partial charge < -0.3 is 20.9 Å². The van der Waals surface area contributed by atoms with E-state index in [2.05, 4.69) is 15.0 Å². The van der Waals surface area contributed by atoms with Crippen molar-refractivity contribution in [3.8, 4) is 0 Å². The average molecular weight is 281 g/mol. The molecule has 0 radical (unpaired) electrons. The largest absolute Gasteiger partial charge is 0.465 e. The summed E-state index contributed by atoms with van der Waals surface area (Å²) in [6.45, 7) is 8.12. The molecule has 6 nitrogen and oxygen atoms in total. The van der Waals surface area contributed by atoms with Crippen LogP contribution >= 0.6 is 0 Å². The molecule has 1 aromatic heterocycles. The van der Waals surface area contributed by atoms with Crippen molar-refractivity contribution in [3.05, 3.63) is 22.9 Å². The van der Waals surface area contributed by atoms with Crippen LogP contribution in [0.3, 0.4) is 0 Å². The first-order chi connectivity index (χ1) is 9.15. The van der Waals surface area contributed by atoms with E-state index in [9.17, 15) is 9.90 Å². The summed E-state index contributed by atoms with van der Waals surface area (Å²) in [6, 6.07) is 1.54. The van der Waals surface area contributed by atoms with Crippen LogP contribution in [-0.2, 0) is 4.74 Å². The topological polar surface area (TPSA) is 97.5 Å². The van der Waals surface area contributed by atoms with Crippen LogP contribution in [0.5, 0.6) is 0 Å². The second-order valence-electron chi connectivity index (χ2n) is 5.73. The summed E-state index contributed by atoms with van der Waals surface area (Å²) >= 11 is 0. The quantitative estimate of drug-likeness (QED) is 0.717. The fourth-order valence-electron chi connectivity index (χ4n) is 1.76. The first kappa shape index (κ1) is 16.4. The summed E-state index contributed by atoms with van der Waals surface area (Å²) < 4.78 is 4.65. The van der Waals surface area contributed by atoms with Crippen LogP contribution < -0.4 is 11.1 Å². The lowest BCUT2D eigenvalue weighted by Crippen LogP contribution is -2.38. The van der Waals surface area contributed by atoms with E-state index in [1.54, 1.807) is 13.0 Å². The second-order valence-corrected chi connectivity index (χ2v) is 5.73. The van der Waals surface area contributed by atoms with Gasteiger partial charge >= 0.3 is 5.97 Å². The highest BCUT2D eigenvalue weighted by Gasteiger charge is 2.20. The van der Waals surface area contributed by atoms with Crippen molar-refractivity contribution >= 4 is 11.8 Å². The average Bonchev–Trinajstić information content (AvgIpc) is 2.34. The Balaban J connectivity index is 3.02. The molecule has 0 aliphatic heterocycles. The van der Waals surface area contributed by atoms with Crippen molar-refractivity contribution in [2.75, 3.05) is 19.4 Å². The Morgan fingerprint density at radius 2 is 2.15 bits per heavy atom. The first-order valence-electron chi connectivity index (χ1n) is 6.44. The Hall–Kier alpha value is -1.66. The number of hydrogen-bond acceptors (Lipinski definition) is 6. The van der Waals surface area contributed by atoms with Gasteiger partial charge in [-0.2, -0.15) is 0 Å². The standard InChI is InChI=1S/C14H23N3O3/c1-8-9(11(18)7-16-14(2,3)4)6-10(12(15)17-8)13(19)20-5/h6,11,16,18H,7H2,1-5H3,(H2,15,17). The molecule has 0 spiro atoms. The molecule has 0 amide bonds. The number of aliphatic hydroxyl groups is 1. The number of nitrogens with one attached hydrogen (secondary N) is 1. The Morgan fingerprint density at radius 3 is 2.65 bits per heavy atom. The van der Waals surface area contributed by atoms with Crippen LogP contribution in [0.15, 0.2) is 6.07 Å². The van der Waals surface area contributed by atoms with Crippen LogP contribution in [0.25, 0.3) is 0 Å². The number of rotatable bonds is 4. The monoisotopic (exact) mass is 281 g/mol. The van der Waals surface area contributed by atoms with Gasteiger partial charge in [-0.15, -0.1) is 0 Å². The zero-order chi connectivity index (χ0) is 15.5. The van der Waals surface area contributed by atoms with Gasteiger partial charge in [0.1, 0.15) is 11.4 Å². The maximum Gasteiger partial charge on any atom is 0.341 e. The van der Waals surface area contributed by atoms with Crippen LogP contribution in [0.2, 0.25) is 0 Å². The van der Waals surface area contributed by atoms with Crippen molar-refractivity contribution in [2.45, 2.75) is 39.3 Å². The van der Waals surface area contributed by atoms with Crippen molar-refractivity contribution in [2.24, 2.45) is 0 Å². The third-order valence-corrected chi connectivity index (χ3v) is 2.87. The number of aromatic nitrogens is 1. The number of carbonyl (C=O) groups is 1. The van der Waals surface area contributed by atoms with Gasteiger partial charge in [0.05, 0.1) is 13.2 Å². The van der Waals surface area contributed by atoms with Gasteiger partial charge in [0.2, 0.25) is 0 Å². The van der Waals surface area contributed by atoms with Crippen LogP contribution in [0.1, 0.15) is 48.5 Å². The van der Waals surface area contributed by atoms with E-state index < -0.39 is 12.1 Å². The number of carbonyl (C=O) groups excluding carboxylic acids is 1. The molecule has 0 bridgehead atoms. The number of ether oxygens (including phenoxy) is 1. The third kappa shape index (κ3) is 4.18. The predicted molar refractivity (Wildman–Crippen MR) is 77.4 cm³/mol. The highest BCUT2D eigenvalue weighted by atomic mass is 16.5. The lowest BCUT2D eigenvalue weighted by molar-refractivity contribution is 0.0601. The Labute approximate surface area is 119 Å². The van der Waals surface area contributed by atoms with E-state index in [0.29, 0.717) is 17.8 Å². The van der Waals surface area contributed by atoms with Crippen molar-refractivity contribution < 1.29 is 14.6 Å². The number of nitrogen functional groups attached to an aromatic ring is 1. The van der Waals surface area contributed by atoms with Crippen molar-refractivity contribution in [3.63, 3.8) is 0 Å². The summed E-state index contributed by atoms with van der Waals surface area (Å²) in [5, 5.41) is 13.4. The fraction of sp³-hybridized carbons (Fsp3) is 0.571. The summed E-state index contributed by atoms with van der Waals surface area (Å²) in [5.74, 6) is -0.457. The third-order valence-electron chi connectivity index (χ3n) is 2.87. The van der Waals surface area contributed by atoms with Crippen LogP contribution in [0.4, 0.5) is 5.82 Å². The molecule has 1 aromatic rings. The molecule has 0 aromatic carbocycles. The molecule has 0 fully saturated rings. The normalized spacial score (nSPS) is 13.1. The van der Waals surface area contributed by atoms with E-state index >= 15 is 0 Å². The van der Waals surface area contributed by atoms with Gasteiger partial charge in [-0.05, 0) is 33.8 Å². The molecule has 6 heteroatoms. The van der Waals surface area contributed by atoms with E-state index in [4.69, 9.17) is 5.73 Å². The number of nitrogens with zero attached hydrogens (tertiary/aromatic N) is 1. The minimum absolute atomic E-state index is 0.106. The van der Waals surface area contributed by atoms with Gasteiger partial charge in [0.15, 0.2) is 0 Å². The SMILES string of the molecule is COC(=O)c1cc(C(O)CNC(C)(C)C)c(C)nc1N. The van der Waals surface area contributed by atoms with Crippen LogP contribution in [-0.4, -0.2) is 35.3 Å². The number of aryl methyl sites for hydroxylation is 1. The van der Waals surface area contributed by atoms with Crippen LogP contribution in [0, 0.1) is 6.92 Å². The molecule has 112 valence electrons. The molecule has 1 atom stereocenters. The van der Waals surface area contributed by atoms with Gasteiger partial charge in [-0.1, -0.05) is 0 Å². The van der Waals surface area contributed by atoms with Gasteiger partial charge in [0, 0.05) is 23.3 Å². The first-order valence-corrected chi connectivity index (χ1v) is 6.44. The minimum atomic E-state index is -0.772. The minimum Gasteiger partial charge on any atom is -0.465 e. The molecule has 20 heavy (non-hydrogen) atoms. The van der Waals surface area contributed by atoms with Gasteiger partial charge in [-0.3, -0.25) is 0 Å². The zero-order valence-corrected chi connectivity index (χ0v) is 12.7. The highest BCUT2D eigenvalue weighted by Crippen LogP contribution is 2.22. The maximum absolute atomic E-state index is 11.6. The summed E-state index contributed by atoms with van der Waals surface area (Å²) in [6.07, 6.45) is -0.772. The summed E-state index contributed by atoms with van der Waals surface area (Å²) in [5.41, 5.74) is 6.92. The Bertz CT molecular complexity index is 495. The molecule has 1 heterocycles. The smallest absolute Gasteiger partial charge is 0.341 e. The molecule has 0 saturated carbocycles. The number of nitrogens with two attached hydrogens (primary N) is 1. The Morgan fingerprint density at radius 1 is 1.55 bits per heavy atom. The molecule has 4 N–H and O–H groups in total. The van der Waals surface area contributed by atoms with E-state index in [-0.39, 0.29) is 16.9 Å². The maximum atomic E-state index is 11.6. The molecule has 0 aliphatic rings. The molecule has 1 unspecified atom stereocenters. The van der Waals surface area contributed by atoms with Crippen molar-refractivity contribution in [1.82, 2.24) is 10.3 Å². The molecular formula is C14H23N3O3. The zero-order valence-electron chi connectivity index (χ0n) is 12.7. The van der Waals surface area contributed by atoms with Gasteiger partial charge in [0.25, 0.3) is 0 Å².